The molecule has 0 saturated carbocycles. The zero-order valence-electron chi connectivity index (χ0n) is 11.0. The molecule has 2 aromatic rings. The molecule has 0 fully saturated rings. The lowest BCUT2D eigenvalue weighted by Gasteiger charge is -2.14. The zero-order valence-corrected chi connectivity index (χ0v) is 11.0. The third-order valence-electron chi connectivity index (χ3n) is 3.31. The summed E-state index contributed by atoms with van der Waals surface area (Å²) in [6, 6.07) is 12.3. The van der Waals surface area contributed by atoms with Gasteiger partial charge in [-0.05, 0) is 35.1 Å². The van der Waals surface area contributed by atoms with Gasteiger partial charge in [0, 0.05) is 0 Å². The van der Waals surface area contributed by atoms with Crippen molar-refractivity contribution in [3.05, 3.63) is 47.5 Å². The molecule has 0 N–H and O–H groups in total. The van der Waals surface area contributed by atoms with E-state index in [-0.39, 0.29) is 0 Å². The Balaban J connectivity index is 2.61. The molecule has 0 unspecified atom stereocenters. The first-order chi connectivity index (χ1) is 8.65. The van der Waals surface area contributed by atoms with Crippen molar-refractivity contribution in [2.75, 3.05) is 0 Å². The zero-order chi connectivity index (χ0) is 13.1. The quantitative estimate of drug-likeness (QED) is 0.708. The Bertz CT molecular complexity index is 508. The molecule has 2 aromatic carbocycles. The van der Waals surface area contributed by atoms with Crippen molar-refractivity contribution in [1.29, 1.82) is 0 Å². The number of rotatable bonds is 3. The first-order valence-electron chi connectivity index (χ1n) is 6.42. The van der Waals surface area contributed by atoms with Gasteiger partial charge in [0.05, 0.1) is 0 Å². The predicted molar refractivity (Wildman–Crippen MR) is 81.4 cm³/mol. The Morgan fingerprint density at radius 3 is 1.44 bits per heavy atom. The first kappa shape index (κ1) is 13.0. The van der Waals surface area contributed by atoms with E-state index in [1.54, 1.807) is 0 Å². The molecule has 0 aliphatic heterocycles. The van der Waals surface area contributed by atoms with Crippen LogP contribution in [0.25, 0.3) is 11.1 Å². The average Bonchev–Trinajstić information content (AvgIpc) is 2.38. The monoisotopic (exact) mass is 230 g/mol. The van der Waals surface area contributed by atoms with Gasteiger partial charge in [0.25, 0.3) is 0 Å². The maximum atomic E-state index is 5.86. The Labute approximate surface area is 112 Å². The smallest absolute Gasteiger partial charge is 0.0964 e. The molecule has 0 aliphatic rings. The van der Waals surface area contributed by atoms with Crippen LogP contribution in [0.4, 0.5) is 0 Å². The van der Waals surface area contributed by atoms with Crippen molar-refractivity contribution >= 4 is 26.6 Å². The average molecular weight is 230 g/mol. The van der Waals surface area contributed by atoms with Gasteiger partial charge >= 0.3 is 0 Å². The van der Waals surface area contributed by atoms with Gasteiger partial charge in [0.2, 0.25) is 0 Å². The number of hydrogen-bond acceptors (Lipinski definition) is 0. The number of aryl methyl sites for hydroxylation is 2. The van der Waals surface area contributed by atoms with Crippen molar-refractivity contribution in [2.24, 2.45) is 0 Å². The highest BCUT2D eigenvalue weighted by Gasteiger charge is 2.08. The molecule has 0 aliphatic carbocycles. The summed E-state index contributed by atoms with van der Waals surface area (Å²) in [5, 5.41) is 0. The van der Waals surface area contributed by atoms with Gasteiger partial charge in [-0.15, -0.1) is 0 Å². The predicted octanol–water partition coefficient (Wildman–Crippen LogP) is 2.07. The highest BCUT2D eigenvalue weighted by atomic mass is 14.1. The van der Waals surface area contributed by atoms with E-state index in [1.807, 2.05) is 12.1 Å². The van der Waals surface area contributed by atoms with Gasteiger partial charge < -0.3 is 0 Å². The summed E-state index contributed by atoms with van der Waals surface area (Å²) in [6.07, 6.45) is 1.96. The normalized spacial score (nSPS) is 10.6. The van der Waals surface area contributed by atoms with Crippen LogP contribution in [0.15, 0.2) is 36.4 Å². The van der Waals surface area contributed by atoms with E-state index >= 15 is 0 Å². The highest BCUT2D eigenvalue weighted by molar-refractivity contribution is 6.33. The van der Waals surface area contributed by atoms with E-state index in [0.29, 0.717) is 0 Å². The second-order valence-corrected chi connectivity index (χ2v) is 4.54. The van der Waals surface area contributed by atoms with Gasteiger partial charge in [0.1, 0.15) is 15.7 Å². The topological polar surface area (TPSA) is 0 Å². The summed E-state index contributed by atoms with van der Waals surface area (Å²) in [4.78, 5) is 0. The van der Waals surface area contributed by atoms with Crippen LogP contribution in [0, 0.1) is 0 Å². The van der Waals surface area contributed by atoms with Crippen molar-refractivity contribution in [1.82, 2.24) is 0 Å². The van der Waals surface area contributed by atoms with Gasteiger partial charge in [-0.25, -0.2) is 0 Å². The molecule has 0 aromatic heterocycles. The van der Waals surface area contributed by atoms with Crippen molar-refractivity contribution in [3.8, 4) is 11.1 Å². The molecule has 18 heavy (non-hydrogen) atoms. The van der Waals surface area contributed by atoms with Gasteiger partial charge in [-0.1, -0.05) is 61.2 Å². The van der Waals surface area contributed by atoms with Gasteiger partial charge in [-0.2, -0.15) is 0 Å². The standard InChI is InChI=1S/C16H16B2/c1-3-11-9-13(17)5-7-15(11)16-8-6-14(18)10-12(16)4-2/h5-10H,3-4H2,1-2H3. The fourth-order valence-electron chi connectivity index (χ4n) is 2.34. The van der Waals surface area contributed by atoms with Crippen LogP contribution >= 0.6 is 0 Å². The van der Waals surface area contributed by atoms with Crippen LogP contribution in [0.5, 0.6) is 0 Å². The molecule has 4 radical (unpaired) electrons. The fourth-order valence-corrected chi connectivity index (χ4v) is 2.34. The van der Waals surface area contributed by atoms with Crippen LogP contribution in [0.1, 0.15) is 25.0 Å². The molecule has 2 rings (SSSR count). The summed E-state index contributed by atoms with van der Waals surface area (Å²) >= 11 is 0. The lowest BCUT2D eigenvalue weighted by molar-refractivity contribution is 1.12. The maximum absolute atomic E-state index is 5.86. The Morgan fingerprint density at radius 1 is 0.722 bits per heavy atom. The van der Waals surface area contributed by atoms with E-state index in [0.717, 1.165) is 23.8 Å². The van der Waals surface area contributed by atoms with E-state index < -0.39 is 0 Å². The summed E-state index contributed by atoms with van der Waals surface area (Å²) < 4.78 is 0. The Kier molecular flexibility index (Phi) is 3.96. The summed E-state index contributed by atoms with van der Waals surface area (Å²) in [6.45, 7) is 4.31. The number of benzene rings is 2. The first-order valence-corrected chi connectivity index (χ1v) is 6.42. The van der Waals surface area contributed by atoms with Crippen LogP contribution in [-0.2, 0) is 12.8 Å². The molecule has 0 bridgehead atoms. The van der Waals surface area contributed by atoms with E-state index in [1.165, 1.54) is 22.3 Å². The van der Waals surface area contributed by atoms with Crippen LogP contribution < -0.4 is 10.9 Å². The molecule has 86 valence electrons. The van der Waals surface area contributed by atoms with Gasteiger partial charge in [0.15, 0.2) is 0 Å². The minimum absolute atomic E-state index is 0.823. The maximum Gasteiger partial charge on any atom is 0.113 e. The van der Waals surface area contributed by atoms with E-state index in [9.17, 15) is 0 Å². The van der Waals surface area contributed by atoms with Crippen LogP contribution in [0.2, 0.25) is 0 Å². The Morgan fingerprint density at radius 2 is 1.11 bits per heavy atom. The molecule has 0 saturated heterocycles. The van der Waals surface area contributed by atoms with Crippen LogP contribution in [0.3, 0.4) is 0 Å². The van der Waals surface area contributed by atoms with Crippen LogP contribution in [-0.4, -0.2) is 15.7 Å². The lowest BCUT2D eigenvalue weighted by Crippen LogP contribution is -2.07. The molecule has 2 heteroatoms. The molecule has 0 amide bonds. The fraction of sp³-hybridized carbons (Fsp3) is 0.250. The van der Waals surface area contributed by atoms with E-state index in [4.69, 9.17) is 15.7 Å². The van der Waals surface area contributed by atoms with Gasteiger partial charge in [-0.3, -0.25) is 0 Å². The number of hydrogen-bond donors (Lipinski definition) is 0. The lowest BCUT2D eigenvalue weighted by atomic mass is 9.85. The second-order valence-electron chi connectivity index (χ2n) is 4.54. The van der Waals surface area contributed by atoms with Crippen molar-refractivity contribution in [2.45, 2.75) is 26.7 Å². The highest BCUT2D eigenvalue weighted by Crippen LogP contribution is 2.26. The third kappa shape index (κ3) is 2.53. The van der Waals surface area contributed by atoms with Crippen molar-refractivity contribution in [3.63, 3.8) is 0 Å². The SMILES string of the molecule is [B]c1ccc(-c2ccc([B])cc2CC)c(CC)c1. The molecule has 0 heterocycles. The largest absolute Gasteiger partial charge is 0.113 e. The molecular weight excluding hydrogens is 214 g/mol. The third-order valence-corrected chi connectivity index (χ3v) is 3.31. The molecule has 0 spiro atoms. The minimum atomic E-state index is 0.823. The minimum Gasteiger partial charge on any atom is -0.0964 e. The molecule has 0 atom stereocenters. The Hall–Kier alpha value is -1.43. The summed E-state index contributed by atoms with van der Waals surface area (Å²) in [7, 11) is 11.7. The summed E-state index contributed by atoms with van der Waals surface area (Å²) in [5.74, 6) is 0. The van der Waals surface area contributed by atoms with E-state index in [2.05, 4.69) is 38.1 Å². The molecule has 0 nitrogen and oxygen atoms in total. The van der Waals surface area contributed by atoms with Crippen molar-refractivity contribution < 1.29 is 0 Å². The molecular formula is C16H16B2. The summed E-state index contributed by atoms with van der Waals surface area (Å²) in [5.41, 5.74) is 6.75. The second kappa shape index (κ2) is 5.48.